The fourth-order valence-electron chi connectivity index (χ4n) is 1.00. The first-order valence-electron chi connectivity index (χ1n) is 3.74. The fourth-order valence-corrected chi connectivity index (χ4v) is 1.56. The molecule has 4 heteroatoms. The molecule has 70 valence electrons. The molecule has 0 aliphatic heterocycles. The van der Waals surface area contributed by atoms with Crippen molar-refractivity contribution in [2.45, 2.75) is 6.92 Å². The third-order valence-corrected chi connectivity index (χ3v) is 2.28. The summed E-state index contributed by atoms with van der Waals surface area (Å²) in [7, 11) is 1.54. The van der Waals surface area contributed by atoms with Crippen LogP contribution in [0.25, 0.3) is 0 Å². The normalized spacial score (nSPS) is 9.85. The summed E-state index contributed by atoms with van der Waals surface area (Å²) in [6, 6.07) is 2.97. The molecule has 0 saturated heterocycles. The highest BCUT2D eigenvalue weighted by Crippen LogP contribution is 2.20. The molecule has 2 nitrogen and oxygen atoms in total. The molecular weight excluding hydrogens is 237 g/mol. The van der Waals surface area contributed by atoms with Crippen LogP contribution >= 0.6 is 15.9 Å². The molecule has 0 heterocycles. The molecule has 0 atom stereocenters. The van der Waals surface area contributed by atoms with Crippen LogP contribution < -0.4 is 5.32 Å². The van der Waals surface area contributed by atoms with Crippen LogP contribution in [0.3, 0.4) is 0 Å². The highest BCUT2D eigenvalue weighted by atomic mass is 79.9. The van der Waals surface area contributed by atoms with Crippen LogP contribution in [-0.2, 0) is 0 Å². The maximum atomic E-state index is 13.1. The second-order valence-electron chi connectivity index (χ2n) is 2.67. The molecule has 0 aliphatic carbocycles. The van der Waals surface area contributed by atoms with Crippen molar-refractivity contribution in [1.29, 1.82) is 0 Å². The van der Waals surface area contributed by atoms with E-state index in [4.69, 9.17) is 0 Å². The standard InChI is InChI=1S/C9H9BrFNO/c1-5-3-6(9(13)12-2)4-7(10)8(5)11/h3-4H,1-2H3,(H,12,13). The second-order valence-corrected chi connectivity index (χ2v) is 3.52. The van der Waals surface area contributed by atoms with Crippen molar-refractivity contribution in [3.8, 4) is 0 Å². The predicted molar refractivity (Wildman–Crippen MR) is 52.2 cm³/mol. The number of rotatable bonds is 1. The van der Waals surface area contributed by atoms with E-state index in [0.717, 1.165) is 0 Å². The Morgan fingerprint density at radius 1 is 1.54 bits per heavy atom. The van der Waals surface area contributed by atoms with Gasteiger partial charge in [-0.1, -0.05) is 0 Å². The largest absolute Gasteiger partial charge is 0.355 e. The van der Waals surface area contributed by atoms with Crippen LogP contribution in [-0.4, -0.2) is 13.0 Å². The third kappa shape index (κ3) is 2.06. The number of carbonyl (C=O) groups is 1. The zero-order valence-electron chi connectivity index (χ0n) is 7.32. The van der Waals surface area contributed by atoms with Gasteiger partial charge in [-0.15, -0.1) is 0 Å². The van der Waals surface area contributed by atoms with E-state index in [2.05, 4.69) is 21.2 Å². The monoisotopic (exact) mass is 245 g/mol. The molecule has 0 unspecified atom stereocenters. The zero-order chi connectivity index (χ0) is 10.0. The summed E-state index contributed by atoms with van der Waals surface area (Å²) in [6.45, 7) is 1.62. The molecule has 0 aromatic heterocycles. The first kappa shape index (κ1) is 10.2. The summed E-state index contributed by atoms with van der Waals surface area (Å²) in [4.78, 5) is 11.2. The van der Waals surface area contributed by atoms with Gasteiger partial charge in [0.25, 0.3) is 5.91 Å². The lowest BCUT2D eigenvalue weighted by molar-refractivity contribution is 0.0963. The van der Waals surface area contributed by atoms with Crippen LogP contribution in [0, 0.1) is 12.7 Å². The summed E-state index contributed by atoms with van der Waals surface area (Å²) in [5, 5.41) is 2.47. The molecule has 0 saturated carbocycles. The van der Waals surface area contributed by atoms with E-state index in [1.807, 2.05) is 0 Å². The second kappa shape index (κ2) is 3.87. The van der Waals surface area contributed by atoms with E-state index in [1.165, 1.54) is 19.2 Å². The Balaban J connectivity index is 3.20. The van der Waals surface area contributed by atoms with Crippen LogP contribution in [0.4, 0.5) is 4.39 Å². The summed E-state index contributed by atoms with van der Waals surface area (Å²) >= 11 is 3.04. The van der Waals surface area contributed by atoms with Gasteiger partial charge in [-0.05, 0) is 40.5 Å². The Morgan fingerprint density at radius 3 is 2.62 bits per heavy atom. The van der Waals surface area contributed by atoms with Gasteiger partial charge < -0.3 is 5.32 Å². The number of hydrogen-bond acceptors (Lipinski definition) is 1. The number of nitrogens with one attached hydrogen (secondary N) is 1. The molecule has 1 N–H and O–H groups in total. The van der Waals surface area contributed by atoms with Gasteiger partial charge in [-0.2, -0.15) is 0 Å². The Kier molecular flexibility index (Phi) is 3.03. The van der Waals surface area contributed by atoms with Gasteiger partial charge >= 0.3 is 0 Å². The quantitative estimate of drug-likeness (QED) is 0.809. The molecule has 0 radical (unpaired) electrons. The van der Waals surface area contributed by atoms with Crippen LogP contribution in [0.15, 0.2) is 16.6 Å². The summed E-state index contributed by atoms with van der Waals surface area (Å²) in [5.74, 6) is -0.545. The molecule has 0 spiro atoms. The Hall–Kier alpha value is -0.900. The Bertz CT molecular complexity index is 328. The van der Waals surface area contributed by atoms with E-state index < -0.39 is 0 Å². The molecule has 0 fully saturated rings. The lowest BCUT2D eigenvalue weighted by atomic mass is 10.1. The lowest BCUT2D eigenvalue weighted by Gasteiger charge is -2.04. The van der Waals surface area contributed by atoms with Gasteiger partial charge in [0.05, 0.1) is 4.47 Å². The van der Waals surface area contributed by atoms with E-state index in [0.29, 0.717) is 15.6 Å². The molecule has 0 bridgehead atoms. The topological polar surface area (TPSA) is 29.1 Å². The van der Waals surface area contributed by atoms with Gasteiger partial charge in [0.15, 0.2) is 0 Å². The number of benzene rings is 1. The average Bonchev–Trinajstić information content (AvgIpc) is 2.12. The lowest BCUT2D eigenvalue weighted by Crippen LogP contribution is -2.18. The molecular formula is C9H9BrFNO. The summed E-state index contributed by atoms with van der Waals surface area (Å²) in [6.07, 6.45) is 0. The Labute approximate surface area is 84.3 Å². The SMILES string of the molecule is CNC(=O)c1cc(C)c(F)c(Br)c1. The van der Waals surface area contributed by atoms with E-state index >= 15 is 0 Å². The minimum atomic E-state index is -0.326. The minimum absolute atomic E-state index is 0.219. The molecule has 0 aliphatic rings. The van der Waals surface area contributed by atoms with Crippen LogP contribution in [0.5, 0.6) is 0 Å². The summed E-state index contributed by atoms with van der Waals surface area (Å²) in [5.41, 5.74) is 0.904. The predicted octanol–water partition coefficient (Wildman–Crippen LogP) is 2.26. The molecule has 1 aromatic rings. The first-order chi connectivity index (χ1) is 6.06. The van der Waals surface area contributed by atoms with Crippen LogP contribution in [0.1, 0.15) is 15.9 Å². The maximum absolute atomic E-state index is 13.1. The van der Waals surface area contributed by atoms with E-state index in [1.54, 1.807) is 6.92 Å². The third-order valence-electron chi connectivity index (χ3n) is 1.70. The van der Waals surface area contributed by atoms with Crippen molar-refractivity contribution in [3.05, 3.63) is 33.5 Å². The van der Waals surface area contributed by atoms with Crippen molar-refractivity contribution in [2.24, 2.45) is 0 Å². The van der Waals surface area contributed by atoms with Gasteiger partial charge in [-0.25, -0.2) is 4.39 Å². The highest BCUT2D eigenvalue weighted by molar-refractivity contribution is 9.10. The van der Waals surface area contributed by atoms with Crippen LogP contribution in [0.2, 0.25) is 0 Å². The minimum Gasteiger partial charge on any atom is -0.355 e. The molecule has 13 heavy (non-hydrogen) atoms. The van der Waals surface area contributed by atoms with E-state index in [-0.39, 0.29) is 11.7 Å². The van der Waals surface area contributed by atoms with Crippen molar-refractivity contribution < 1.29 is 9.18 Å². The molecule has 1 rings (SSSR count). The fraction of sp³-hybridized carbons (Fsp3) is 0.222. The first-order valence-corrected chi connectivity index (χ1v) is 4.53. The smallest absolute Gasteiger partial charge is 0.251 e. The number of halogens is 2. The van der Waals surface area contributed by atoms with E-state index in [9.17, 15) is 9.18 Å². The number of hydrogen-bond donors (Lipinski definition) is 1. The number of carbonyl (C=O) groups excluding carboxylic acids is 1. The van der Waals surface area contributed by atoms with Gasteiger partial charge in [0.1, 0.15) is 5.82 Å². The average molecular weight is 246 g/mol. The van der Waals surface area contributed by atoms with Crippen molar-refractivity contribution in [3.63, 3.8) is 0 Å². The van der Waals surface area contributed by atoms with Crippen molar-refractivity contribution >= 4 is 21.8 Å². The molecule has 1 amide bonds. The van der Waals surface area contributed by atoms with Crippen molar-refractivity contribution in [1.82, 2.24) is 5.32 Å². The van der Waals surface area contributed by atoms with Gasteiger partial charge in [-0.3, -0.25) is 4.79 Å². The van der Waals surface area contributed by atoms with Gasteiger partial charge in [0.2, 0.25) is 0 Å². The van der Waals surface area contributed by atoms with Crippen molar-refractivity contribution in [2.75, 3.05) is 7.05 Å². The summed E-state index contributed by atoms with van der Waals surface area (Å²) < 4.78 is 13.4. The van der Waals surface area contributed by atoms with Gasteiger partial charge in [0, 0.05) is 12.6 Å². The number of amides is 1. The number of aryl methyl sites for hydroxylation is 1. The zero-order valence-corrected chi connectivity index (χ0v) is 8.90. The maximum Gasteiger partial charge on any atom is 0.251 e. The molecule has 1 aromatic carbocycles. The Morgan fingerprint density at radius 2 is 2.15 bits per heavy atom. The highest BCUT2D eigenvalue weighted by Gasteiger charge is 2.09.